The van der Waals surface area contributed by atoms with Gasteiger partial charge in [-0.1, -0.05) is 30.0 Å². The van der Waals surface area contributed by atoms with Crippen molar-refractivity contribution in [1.82, 2.24) is 10.3 Å². The maximum Gasteiger partial charge on any atom is 0.261 e. The maximum atomic E-state index is 12.1. The standard InChI is InChI=1S/C15H16N2O2S2/c18-14(13-10-11-4-1-2-5-12(11)19-13)16-6-3-8-20-15-17-7-9-21-15/h1-2,4-5,7,9,13H,3,6,8,10H2,(H,16,18)/t13-/m0/s1. The van der Waals surface area contributed by atoms with Gasteiger partial charge in [-0.05, 0) is 18.1 Å². The Kier molecular flexibility index (Phi) is 4.77. The lowest BCUT2D eigenvalue weighted by Gasteiger charge is -2.11. The summed E-state index contributed by atoms with van der Waals surface area (Å²) in [4.78, 5) is 16.3. The van der Waals surface area contributed by atoms with Gasteiger partial charge in [-0.2, -0.15) is 0 Å². The lowest BCUT2D eigenvalue weighted by molar-refractivity contribution is -0.127. The number of fused-ring (bicyclic) bond motifs is 1. The summed E-state index contributed by atoms with van der Waals surface area (Å²) >= 11 is 3.37. The largest absolute Gasteiger partial charge is 0.480 e. The minimum atomic E-state index is -0.381. The Morgan fingerprint density at radius 2 is 2.38 bits per heavy atom. The molecule has 110 valence electrons. The summed E-state index contributed by atoms with van der Waals surface area (Å²) in [6, 6.07) is 7.81. The van der Waals surface area contributed by atoms with E-state index in [0.717, 1.165) is 27.8 Å². The molecule has 3 rings (SSSR count). The first-order valence-corrected chi connectivity index (χ1v) is 8.74. The van der Waals surface area contributed by atoms with E-state index in [1.54, 1.807) is 23.1 Å². The SMILES string of the molecule is O=C(NCCCSc1nccs1)[C@@H]1Cc2ccccc2O1. The van der Waals surface area contributed by atoms with Gasteiger partial charge in [0.15, 0.2) is 6.10 Å². The van der Waals surface area contributed by atoms with Gasteiger partial charge in [-0.25, -0.2) is 4.98 Å². The first kappa shape index (κ1) is 14.4. The highest BCUT2D eigenvalue weighted by Gasteiger charge is 2.28. The van der Waals surface area contributed by atoms with E-state index in [-0.39, 0.29) is 12.0 Å². The van der Waals surface area contributed by atoms with E-state index in [1.165, 1.54) is 0 Å². The third-order valence-corrected chi connectivity index (χ3v) is 5.25. The van der Waals surface area contributed by atoms with Gasteiger partial charge in [0.1, 0.15) is 10.1 Å². The van der Waals surface area contributed by atoms with Crippen LogP contribution in [0.15, 0.2) is 40.2 Å². The Morgan fingerprint density at radius 1 is 1.48 bits per heavy atom. The number of amides is 1. The molecule has 21 heavy (non-hydrogen) atoms. The van der Waals surface area contributed by atoms with Crippen molar-refractivity contribution in [2.45, 2.75) is 23.3 Å². The fraction of sp³-hybridized carbons (Fsp3) is 0.333. The Bertz CT molecular complexity index is 576. The minimum Gasteiger partial charge on any atom is -0.480 e. The molecule has 0 radical (unpaired) electrons. The molecular weight excluding hydrogens is 304 g/mol. The van der Waals surface area contributed by atoms with Crippen molar-refractivity contribution in [3.8, 4) is 5.75 Å². The van der Waals surface area contributed by atoms with Crippen molar-refractivity contribution in [2.75, 3.05) is 12.3 Å². The highest BCUT2D eigenvalue weighted by atomic mass is 32.2. The molecule has 0 saturated carbocycles. The van der Waals surface area contributed by atoms with E-state index in [0.29, 0.717) is 13.0 Å². The van der Waals surface area contributed by atoms with E-state index in [1.807, 2.05) is 35.8 Å². The average molecular weight is 320 g/mol. The molecule has 0 spiro atoms. The first-order valence-electron chi connectivity index (χ1n) is 6.87. The van der Waals surface area contributed by atoms with Crippen molar-refractivity contribution in [3.05, 3.63) is 41.4 Å². The molecule has 1 aliphatic rings. The van der Waals surface area contributed by atoms with Crippen LogP contribution in [0.25, 0.3) is 0 Å². The Balaban J connectivity index is 1.36. The predicted molar refractivity (Wildman–Crippen MR) is 85.0 cm³/mol. The summed E-state index contributed by atoms with van der Waals surface area (Å²) in [5, 5.41) is 4.92. The monoisotopic (exact) mass is 320 g/mol. The molecule has 0 fully saturated rings. The highest BCUT2D eigenvalue weighted by molar-refractivity contribution is 8.00. The van der Waals surface area contributed by atoms with Crippen LogP contribution in [0.4, 0.5) is 0 Å². The molecular formula is C15H16N2O2S2. The number of carbonyl (C=O) groups excluding carboxylic acids is 1. The lowest BCUT2D eigenvalue weighted by Crippen LogP contribution is -2.38. The second-order valence-corrected chi connectivity index (χ2v) is 6.95. The van der Waals surface area contributed by atoms with E-state index < -0.39 is 0 Å². The van der Waals surface area contributed by atoms with Crippen LogP contribution in [-0.2, 0) is 11.2 Å². The Hall–Kier alpha value is -1.53. The molecule has 1 aliphatic heterocycles. The van der Waals surface area contributed by atoms with Crippen molar-refractivity contribution in [3.63, 3.8) is 0 Å². The van der Waals surface area contributed by atoms with Crippen LogP contribution in [0.1, 0.15) is 12.0 Å². The molecule has 1 amide bonds. The number of thioether (sulfide) groups is 1. The number of aromatic nitrogens is 1. The van der Waals surface area contributed by atoms with Crippen LogP contribution in [0.2, 0.25) is 0 Å². The number of nitrogens with zero attached hydrogens (tertiary/aromatic N) is 1. The van der Waals surface area contributed by atoms with Gasteiger partial charge in [-0.3, -0.25) is 4.79 Å². The molecule has 2 aromatic rings. The molecule has 4 nitrogen and oxygen atoms in total. The topological polar surface area (TPSA) is 51.2 Å². The summed E-state index contributed by atoms with van der Waals surface area (Å²) in [5.41, 5.74) is 1.11. The first-order chi connectivity index (χ1) is 10.3. The fourth-order valence-corrected chi connectivity index (χ4v) is 3.81. The van der Waals surface area contributed by atoms with Crippen LogP contribution in [-0.4, -0.2) is 29.3 Å². The lowest BCUT2D eigenvalue weighted by atomic mass is 10.1. The predicted octanol–water partition coefficient (Wildman–Crippen LogP) is 2.75. The van der Waals surface area contributed by atoms with Crippen molar-refractivity contribution >= 4 is 29.0 Å². The smallest absolute Gasteiger partial charge is 0.261 e. The number of benzene rings is 1. The highest BCUT2D eigenvalue weighted by Crippen LogP contribution is 2.28. The second-order valence-electron chi connectivity index (χ2n) is 4.71. The van der Waals surface area contributed by atoms with E-state index in [2.05, 4.69) is 10.3 Å². The zero-order chi connectivity index (χ0) is 14.5. The van der Waals surface area contributed by atoms with Crippen molar-refractivity contribution in [2.24, 2.45) is 0 Å². The number of hydrogen-bond donors (Lipinski definition) is 1. The summed E-state index contributed by atoms with van der Waals surface area (Å²) in [7, 11) is 0. The van der Waals surface area contributed by atoms with E-state index >= 15 is 0 Å². The summed E-state index contributed by atoms with van der Waals surface area (Å²) in [5.74, 6) is 1.77. The summed E-state index contributed by atoms with van der Waals surface area (Å²) < 4.78 is 6.74. The molecule has 1 aromatic carbocycles. The third-order valence-electron chi connectivity index (χ3n) is 3.20. The number of thiazole rings is 1. The molecule has 0 unspecified atom stereocenters. The molecule has 0 bridgehead atoms. The number of nitrogens with one attached hydrogen (secondary N) is 1. The molecule has 0 saturated heterocycles. The normalized spacial score (nSPS) is 16.3. The fourth-order valence-electron chi connectivity index (χ4n) is 2.17. The number of para-hydroxylation sites is 1. The molecule has 1 N–H and O–H groups in total. The Morgan fingerprint density at radius 3 is 3.19 bits per heavy atom. The quantitative estimate of drug-likeness (QED) is 0.657. The van der Waals surface area contributed by atoms with Crippen LogP contribution < -0.4 is 10.1 Å². The van der Waals surface area contributed by atoms with Gasteiger partial charge < -0.3 is 10.1 Å². The number of carbonyl (C=O) groups is 1. The molecule has 0 aliphatic carbocycles. The van der Waals surface area contributed by atoms with Gasteiger partial charge in [0.2, 0.25) is 0 Å². The maximum absolute atomic E-state index is 12.1. The van der Waals surface area contributed by atoms with E-state index in [4.69, 9.17) is 4.74 Å². The van der Waals surface area contributed by atoms with Gasteiger partial charge in [0, 0.05) is 30.3 Å². The van der Waals surface area contributed by atoms with Gasteiger partial charge in [-0.15, -0.1) is 11.3 Å². The van der Waals surface area contributed by atoms with E-state index in [9.17, 15) is 4.79 Å². The van der Waals surface area contributed by atoms with Crippen LogP contribution in [0, 0.1) is 0 Å². The van der Waals surface area contributed by atoms with Crippen molar-refractivity contribution < 1.29 is 9.53 Å². The summed E-state index contributed by atoms with van der Waals surface area (Å²) in [6.07, 6.45) is 3.02. The molecule has 6 heteroatoms. The zero-order valence-corrected chi connectivity index (χ0v) is 13.1. The van der Waals surface area contributed by atoms with Crippen molar-refractivity contribution in [1.29, 1.82) is 0 Å². The molecule has 1 aromatic heterocycles. The van der Waals surface area contributed by atoms with Crippen LogP contribution in [0.3, 0.4) is 0 Å². The number of ether oxygens (including phenoxy) is 1. The third kappa shape index (κ3) is 3.77. The minimum absolute atomic E-state index is 0.0227. The number of hydrogen-bond acceptors (Lipinski definition) is 5. The molecule has 2 heterocycles. The van der Waals surface area contributed by atoms with Gasteiger partial charge in [0.05, 0.1) is 0 Å². The zero-order valence-electron chi connectivity index (χ0n) is 11.5. The van der Waals surface area contributed by atoms with Gasteiger partial charge in [0.25, 0.3) is 5.91 Å². The average Bonchev–Trinajstić information content (AvgIpc) is 3.15. The second kappa shape index (κ2) is 6.95. The molecule has 1 atom stereocenters. The van der Waals surface area contributed by atoms with Crippen LogP contribution >= 0.6 is 23.1 Å². The Labute approximate surface area is 131 Å². The van der Waals surface area contributed by atoms with Gasteiger partial charge >= 0.3 is 0 Å². The number of rotatable bonds is 6. The summed E-state index contributed by atoms with van der Waals surface area (Å²) in [6.45, 7) is 0.674. The van der Waals surface area contributed by atoms with Crippen LogP contribution in [0.5, 0.6) is 5.75 Å².